The van der Waals surface area contributed by atoms with E-state index in [1.54, 1.807) is 65.6 Å². The van der Waals surface area contributed by atoms with Gasteiger partial charge < -0.3 is 70.3 Å². The molecule has 0 radical (unpaired) electrons. The smallest absolute Gasteiger partial charge is 0.260 e. The maximum Gasteiger partial charge on any atom is 0.260 e. The lowest BCUT2D eigenvalue weighted by atomic mass is 9.97. The molecule has 106 heavy (non-hydrogen) atoms. The molecule has 3 heterocycles. The third-order valence-corrected chi connectivity index (χ3v) is 20.1. The number of benzene rings is 2. The fraction of sp³-hybridized carbons (Fsp3) is 0.688. The van der Waals surface area contributed by atoms with Crippen LogP contribution in [-0.2, 0) is 75.1 Å². The number of aliphatic hydroxyl groups is 1. The van der Waals surface area contributed by atoms with Crippen molar-refractivity contribution in [3.63, 3.8) is 0 Å². The summed E-state index contributed by atoms with van der Waals surface area (Å²) in [5.74, 6) is -13.2. The van der Waals surface area contributed by atoms with Gasteiger partial charge in [-0.15, -0.1) is 0 Å². The Bertz CT molecular complexity index is 3270. The minimum absolute atomic E-state index is 0.00125. The standard InChI is InChI=1S/C77H121F2N13O14/c1-49(2)32-38-106-47-58-73(102)90(16)60(40-51(5)6)69(98)81-57(74(103)92-35-24-19-25-36-92)44-64(94)84(10)45-65(95)86(12)62(42-54-27-20-17-21-28-54)70(99)80-56(39-50(3)4)72(101)89(15)61(41-52(7)8)71(100)83-67(53(9)93)76(105)85(11)46-66(96)87(13)63(43-55-29-22-18-23-30-55)75(104)88(14)59(68(97)82-58)31-37-91-34-26-33-77(78,79)48-91/h17-18,20-23,27-30,49-53,56-63,67,93H,19,24-26,31-48H2,1-16H3,(H,80,99)(H,81,98)(H,82,97)(H,83,100)/t53-,56+,57+,58+,59+,60+,61+,62+,63+,67+/m1/s1. The van der Waals surface area contributed by atoms with Crippen LogP contribution in [-0.4, -0.2) is 295 Å². The van der Waals surface area contributed by atoms with Gasteiger partial charge >= 0.3 is 0 Å². The topological polar surface area (TPSA) is 312 Å². The Kier molecular flexibility index (Phi) is 34.9. The molecule has 0 saturated carbocycles. The predicted molar refractivity (Wildman–Crippen MR) is 397 cm³/mol. The number of carbonyl (C=O) groups is 12. The molecule has 3 aliphatic heterocycles. The zero-order valence-corrected chi connectivity index (χ0v) is 65.4. The molecule has 3 saturated heterocycles. The normalized spacial score (nSPS) is 25.2. The van der Waals surface area contributed by atoms with Crippen LogP contribution in [0.2, 0.25) is 0 Å². The Morgan fingerprint density at radius 3 is 1.50 bits per heavy atom. The molecule has 29 heteroatoms. The number of amides is 12. The van der Waals surface area contributed by atoms with Crippen molar-refractivity contribution in [2.45, 2.75) is 212 Å². The van der Waals surface area contributed by atoms with E-state index >= 15 is 37.5 Å². The molecule has 3 aliphatic rings. The van der Waals surface area contributed by atoms with Gasteiger partial charge in [-0.05, 0) is 106 Å². The van der Waals surface area contributed by atoms with E-state index in [9.17, 15) is 33.9 Å². The highest BCUT2D eigenvalue weighted by Gasteiger charge is 2.44. The third-order valence-electron chi connectivity index (χ3n) is 20.1. The van der Waals surface area contributed by atoms with Gasteiger partial charge in [-0.1, -0.05) is 116 Å². The van der Waals surface area contributed by atoms with Crippen LogP contribution in [0.4, 0.5) is 8.78 Å². The lowest BCUT2D eigenvalue weighted by Gasteiger charge is -2.38. The molecular weight excluding hydrogens is 1370 g/mol. The number of rotatable bonds is 20. The second kappa shape index (κ2) is 41.8. The molecular formula is C77H121F2N13O14. The molecule has 5 rings (SSSR count). The third kappa shape index (κ3) is 26.6. The molecule has 5 N–H and O–H groups in total. The van der Waals surface area contributed by atoms with Gasteiger partial charge in [0.25, 0.3) is 5.92 Å². The van der Waals surface area contributed by atoms with Crippen molar-refractivity contribution < 1.29 is 76.2 Å². The summed E-state index contributed by atoms with van der Waals surface area (Å²) in [7, 11) is 9.37. The van der Waals surface area contributed by atoms with Crippen LogP contribution < -0.4 is 21.3 Å². The number of nitrogens with zero attached hydrogens (tertiary/aromatic N) is 9. The largest absolute Gasteiger partial charge is 0.391 e. The first-order valence-corrected chi connectivity index (χ1v) is 37.6. The van der Waals surface area contributed by atoms with Crippen molar-refractivity contribution >= 4 is 70.9 Å². The maximum atomic E-state index is 15.6. The molecule has 0 bridgehead atoms. The Morgan fingerprint density at radius 2 is 0.981 bits per heavy atom. The van der Waals surface area contributed by atoms with Gasteiger partial charge in [0.1, 0.15) is 54.4 Å². The first-order valence-electron chi connectivity index (χ1n) is 37.6. The average molecular weight is 1490 g/mol. The molecule has 10 atom stereocenters. The van der Waals surface area contributed by atoms with Crippen LogP contribution in [0.25, 0.3) is 0 Å². The van der Waals surface area contributed by atoms with Gasteiger partial charge in [0, 0.05) is 94.8 Å². The summed E-state index contributed by atoms with van der Waals surface area (Å²) in [5, 5.41) is 22.4. The number of alkyl halides is 2. The number of likely N-dealkylation sites (N-methyl/N-ethyl adjacent to an activating group) is 7. The number of halogens is 2. The number of piperidine rings is 2. The summed E-state index contributed by atoms with van der Waals surface area (Å²) < 4.78 is 36.3. The summed E-state index contributed by atoms with van der Waals surface area (Å²) in [5.41, 5.74) is 1.21. The van der Waals surface area contributed by atoms with E-state index < -0.39 is 170 Å². The van der Waals surface area contributed by atoms with Crippen molar-refractivity contribution in [3.8, 4) is 0 Å². The molecule has 0 aromatic heterocycles. The van der Waals surface area contributed by atoms with Crippen molar-refractivity contribution in [1.29, 1.82) is 0 Å². The SMILES string of the molecule is CC(C)CCOC[C@@H]1NC(=O)[C@H](CCN2CCCC(F)(F)C2)N(C)C(=O)[C@H](Cc2ccccc2)N(C)C(=O)CN(C)C(=O)[C@H]([C@@H](C)O)NC(=O)[C@H](CC(C)C)N(C)C(=O)[C@H](CC(C)C)NC(=O)[C@H](Cc2ccccc2)N(C)C(=O)CN(C)C(=O)C[C@@H](C(=O)N2CCCCC2)NC(=O)[C@H](CC(C)C)N(C)C1=O. The zero-order chi connectivity index (χ0) is 79.0. The van der Waals surface area contributed by atoms with Gasteiger partial charge in [-0.3, -0.25) is 62.4 Å². The van der Waals surface area contributed by atoms with E-state index in [0.717, 1.165) is 35.8 Å². The number of nitrogens with one attached hydrogen (secondary N) is 4. The van der Waals surface area contributed by atoms with Crippen LogP contribution in [0.5, 0.6) is 0 Å². The lowest BCUT2D eigenvalue weighted by Crippen LogP contribution is -2.62. The highest BCUT2D eigenvalue weighted by Crippen LogP contribution is 2.28. The molecule has 592 valence electrons. The van der Waals surface area contributed by atoms with E-state index in [-0.39, 0.29) is 94.7 Å². The Hall–Kier alpha value is -8.18. The molecule has 2 aromatic rings. The van der Waals surface area contributed by atoms with Crippen molar-refractivity contribution in [1.82, 2.24) is 65.4 Å². The highest BCUT2D eigenvalue weighted by atomic mass is 19.3. The number of hydrogen-bond acceptors (Lipinski definition) is 15. The molecule has 0 aliphatic carbocycles. The monoisotopic (exact) mass is 1490 g/mol. The average Bonchev–Trinajstić information content (AvgIpc) is 0.823. The number of hydrogen-bond donors (Lipinski definition) is 5. The minimum Gasteiger partial charge on any atom is -0.391 e. The molecule has 0 spiro atoms. The minimum atomic E-state index is -3.06. The molecule has 27 nitrogen and oxygen atoms in total. The second-order valence-corrected chi connectivity index (χ2v) is 30.9. The van der Waals surface area contributed by atoms with Crippen LogP contribution in [0, 0.1) is 23.7 Å². The highest BCUT2D eigenvalue weighted by molar-refractivity contribution is 6.00. The van der Waals surface area contributed by atoms with E-state index in [2.05, 4.69) is 21.3 Å². The van der Waals surface area contributed by atoms with Gasteiger partial charge in [0.15, 0.2) is 0 Å². The number of ether oxygens (including phenoxy) is 1. The fourth-order valence-electron chi connectivity index (χ4n) is 13.6. The summed E-state index contributed by atoms with van der Waals surface area (Å²) in [6.07, 6.45) is -0.180. The van der Waals surface area contributed by atoms with E-state index in [0.29, 0.717) is 43.5 Å². The molecule has 2 aromatic carbocycles. The number of likely N-dealkylation sites (tertiary alicyclic amines) is 2. The van der Waals surface area contributed by atoms with Crippen molar-refractivity contribution in [3.05, 3.63) is 71.8 Å². The first-order chi connectivity index (χ1) is 49.8. The second-order valence-electron chi connectivity index (χ2n) is 30.9. The van der Waals surface area contributed by atoms with Crippen LogP contribution in [0.1, 0.15) is 144 Å². The molecule has 3 fully saturated rings. The van der Waals surface area contributed by atoms with Gasteiger partial charge in [-0.2, -0.15) is 0 Å². The summed E-state index contributed by atoms with van der Waals surface area (Å²) in [4.78, 5) is 191. The Morgan fingerprint density at radius 1 is 0.509 bits per heavy atom. The lowest BCUT2D eigenvalue weighted by molar-refractivity contribution is -0.151. The van der Waals surface area contributed by atoms with Gasteiger partial charge in [0.05, 0.1) is 38.8 Å². The van der Waals surface area contributed by atoms with E-state index in [4.69, 9.17) is 4.74 Å². The Labute approximate surface area is 625 Å². The van der Waals surface area contributed by atoms with Crippen LogP contribution in [0.3, 0.4) is 0 Å². The molecule has 12 amide bonds. The summed E-state index contributed by atoms with van der Waals surface area (Å²) in [6.45, 7) is 14.5. The molecule has 0 unspecified atom stereocenters. The zero-order valence-electron chi connectivity index (χ0n) is 65.4. The van der Waals surface area contributed by atoms with E-state index in [1.807, 2.05) is 55.4 Å². The van der Waals surface area contributed by atoms with Crippen LogP contribution >= 0.6 is 0 Å². The van der Waals surface area contributed by atoms with Crippen molar-refractivity contribution in [2.24, 2.45) is 23.7 Å². The quantitative estimate of drug-likeness (QED) is 0.118. The Balaban J connectivity index is 1.70. The van der Waals surface area contributed by atoms with Crippen LogP contribution in [0.15, 0.2) is 60.7 Å². The van der Waals surface area contributed by atoms with Gasteiger partial charge in [-0.25, -0.2) is 8.78 Å². The predicted octanol–water partition coefficient (Wildman–Crippen LogP) is 3.58. The summed E-state index contributed by atoms with van der Waals surface area (Å²) >= 11 is 0. The number of aliphatic hydroxyl groups excluding tert-OH is 1. The maximum absolute atomic E-state index is 15.6. The van der Waals surface area contributed by atoms with Crippen molar-refractivity contribution in [2.75, 3.05) is 108 Å². The summed E-state index contributed by atoms with van der Waals surface area (Å²) in [6, 6.07) is 4.35. The fourth-order valence-corrected chi connectivity index (χ4v) is 13.6. The van der Waals surface area contributed by atoms with Gasteiger partial charge in [0.2, 0.25) is 70.9 Å². The number of carbonyl (C=O) groups excluding carboxylic acids is 12. The van der Waals surface area contributed by atoms with E-state index in [1.165, 1.54) is 66.1 Å². The first kappa shape index (κ1) is 88.4.